The minimum atomic E-state index is -4.23. The Balaban J connectivity index is 2.06. The van der Waals surface area contributed by atoms with Crippen LogP contribution in [0.3, 0.4) is 0 Å². The summed E-state index contributed by atoms with van der Waals surface area (Å²) in [6.45, 7) is 0. The Bertz CT molecular complexity index is 1020. The molecule has 23 heavy (non-hydrogen) atoms. The summed E-state index contributed by atoms with van der Waals surface area (Å²) in [7, 11) is -4.23. The maximum atomic E-state index is 13.6. The SMILES string of the molecule is O=S(=O)(Nc1cc(F)c(F)cc1F)c1c[nH]c2nc(Br)ccc12. The number of hydrogen-bond acceptors (Lipinski definition) is 3. The lowest BCUT2D eigenvalue weighted by Crippen LogP contribution is -2.14. The topological polar surface area (TPSA) is 74.8 Å². The van der Waals surface area contributed by atoms with Gasteiger partial charge in [0.2, 0.25) is 0 Å². The van der Waals surface area contributed by atoms with E-state index < -0.39 is 33.2 Å². The molecule has 0 saturated carbocycles. The number of rotatable bonds is 3. The Hall–Kier alpha value is -2.07. The molecule has 0 saturated heterocycles. The maximum Gasteiger partial charge on any atom is 0.264 e. The van der Waals surface area contributed by atoms with Crippen LogP contribution in [0.2, 0.25) is 0 Å². The Kier molecular flexibility index (Phi) is 3.80. The largest absolute Gasteiger partial charge is 0.345 e. The molecule has 0 aliphatic rings. The van der Waals surface area contributed by atoms with Crippen LogP contribution >= 0.6 is 15.9 Å². The zero-order chi connectivity index (χ0) is 16.8. The molecular weight excluding hydrogens is 399 g/mol. The molecule has 0 bridgehead atoms. The van der Waals surface area contributed by atoms with Crippen molar-refractivity contribution < 1.29 is 21.6 Å². The Morgan fingerprint density at radius 1 is 1.09 bits per heavy atom. The van der Waals surface area contributed by atoms with Crippen LogP contribution in [0.1, 0.15) is 0 Å². The molecule has 2 heterocycles. The molecule has 0 spiro atoms. The molecule has 3 rings (SSSR count). The van der Waals surface area contributed by atoms with E-state index in [1.807, 2.05) is 4.72 Å². The van der Waals surface area contributed by atoms with Gasteiger partial charge in [-0.25, -0.2) is 26.6 Å². The summed E-state index contributed by atoms with van der Waals surface area (Å²) in [5.74, 6) is -4.01. The van der Waals surface area contributed by atoms with Crippen LogP contribution in [0.15, 0.2) is 40.0 Å². The van der Waals surface area contributed by atoms with Gasteiger partial charge in [-0.1, -0.05) is 0 Å². The van der Waals surface area contributed by atoms with Crippen molar-refractivity contribution in [2.75, 3.05) is 4.72 Å². The van der Waals surface area contributed by atoms with E-state index in [0.29, 0.717) is 16.3 Å². The number of benzene rings is 1. The van der Waals surface area contributed by atoms with E-state index in [1.165, 1.54) is 18.3 Å². The molecule has 5 nitrogen and oxygen atoms in total. The normalized spacial score (nSPS) is 11.8. The fraction of sp³-hybridized carbons (Fsp3) is 0. The molecule has 0 aliphatic carbocycles. The zero-order valence-corrected chi connectivity index (χ0v) is 13.5. The van der Waals surface area contributed by atoms with Crippen LogP contribution in [-0.4, -0.2) is 18.4 Å². The second kappa shape index (κ2) is 5.53. The summed E-state index contributed by atoms with van der Waals surface area (Å²) in [6.07, 6.45) is 1.17. The third-order valence-corrected chi connectivity index (χ3v) is 4.86. The molecule has 3 aromatic rings. The lowest BCUT2D eigenvalue weighted by molar-refractivity contribution is 0.496. The lowest BCUT2D eigenvalue weighted by Gasteiger charge is -2.08. The summed E-state index contributed by atoms with van der Waals surface area (Å²) >= 11 is 3.15. The van der Waals surface area contributed by atoms with Crippen LogP contribution in [0.4, 0.5) is 18.9 Å². The van der Waals surface area contributed by atoms with Crippen molar-refractivity contribution >= 4 is 42.7 Å². The quantitative estimate of drug-likeness (QED) is 0.516. The molecule has 120 valence electrons. The standard InChI is InChI=1S/C13H7BrF3N3O2S/c14-12-2-1-6-11(5-18-13(6)19-12)23(21,22)20-10-4-8(16)7(15)3-9(10)17/h1-5,20H,(H,18,19). The Morgan fingerprint density at radius 2 is 1.78 bits per heavy atom. The average Bonchev–Trinajstić information content (AvgIpc) is 2.88. The number of nitrogens with zero attached hydrogens (tertiary/aromatic N) is 1. The molecule has 0 fully saturated rings. The van der Waals surface area contributed by atoms with Crippen molar-refractivity contribution in [3.63, 3.8) is 0 Å². The van der Waals surface area contributed by atoms with Crippen LogP contribution in [0.5, 0.6) is 0 Å². The second-order valence-electron chi connectivity index (χ2n) is 4.53. The lowest BCUT2D eigenvalue weighted by atomic mass is 10.3. The highest BCUT2D eigenvalue weighted by molar-refractivity contribution is 9.10. The number of pyridine rings is 1. The molecule has 0 radical (unpaired) electrons. The molecule has 10 heteroatoms. The van der Waals surface area contributed by atoms with Gasteiger partial charge in [-0.05, 0) is 28.1 Å². The molecule has 0 unspecified atom stereocenters. The van der Waals surface area contributed by atoms with Crippen molar-refractivity contribution in [2.24, 2.45) is 0 Å². The highest BCUT2D eigenvalue weighted by Crippen LogP contribution is 2.27. The second-order valence-corrected chi connectivity index (χ2v) is 7.00. The molecule has 2 N–H and O–H groups in total. The fourth-order valence-electron chi connectivity index (χ4n) is 1.98. The first-order chi connectivity index (χ1) is 10.8. The van der Waals surface area contributed by atoms with Gasteiger partial charge in [-0.15, -0.1) is 0 Å². The number of aromatic nitrogens is 2. The number of sulfonamides is 1. The number of fused-ring (bicyclic) bond motifs is 1. The smallest absolute Gasteiger partial charge is 0.264 e. The summed E-state index contributed by atoms with van der Waals surface area (Å²) in [6, 6.07) is 3.74. The van der Waals surface area contributed by atoms with Crippen molar-refractivity contribution in [3.05, 3.63) is 52.5 Å². The molecule has 2 aromatic heterocycles. The summed E-state index contributed by atoms with van der Waals surface area (Å²) in [4.78, 5) is 6.52. The highest BCUT2D eigenvalue weighted by Gasteiger charge is 2.22. The minimum Gasteiger partial charge on any atom is -0.345 e. The van der Waals surface area contributed by atoms with Crippen LogP contribution in [-0.2, 0) is 10.0 Å². The van der Waals surface area contributed by atoms with Gasteiger partial charge in [-0.3, -0.25) is 4.72 Å². The molecule has 0 atom stereocenters. The first-order valence-corrected chi connectivity index (χ1v) is 8.36. The Morgan fingerprint density at radius 3 is 2.52 bits per heavy atom. The first-order valence-electron chi connectivity index (χ1n) is 6.09. The first kappa shape index (κ1) is 15.8. The van der Waals surface area contributed by atoms with Gasteiger partial charge in [0.05, 0.1) is 5.69 Å². The summed E-state index contributed by atoms with van der Waals surface area (Å²) in [5, 5.41) is 0.267. The van der Waals surface area contributed by atoms with E-state index in [0.717, 1.165) is 0 Å². The summed E-state index contributed by atoms with van der Waals surface area (Å²) < 4.78 is 66.8. The van der Waals surface area contributed by atoms with E-state index >= 15 is 0 Å². The van der Waals surface area contributed by atoms with Crippen molar-refractivity contribution in [2.45, 2.75) is 4.90 Å². The van der Waals surface area contributed by atoms with Crippen LogP contribution in [0.25, 0.3) is 11.0 Å². The number of halogens is 4. The number of nitrogens with one attached hydrogen (secondary N) is 2. The van der Waals surface area contributed by atoms with Gasteiger partial charge in [0.25, 0.3) is 10.0 Å². The van der Waals surface area contributed by atoms with Crippen LogP contribution in [0, 0.1) is 17.5 Å². The highest BCUT2D eigenvalue weighted by atomic mass is 79.9. The van der Waals surface area contributed by atoms with E-state index in [1.54, 1.807) is 0 Å². The minimum absolute atomic E-state index is 0.198. The predicted octanol–water partition coefficient (Wildman–Crippen LogP) is 3.54. The monoisotopic (exact) mass is 405 g/mol. The van der Waals surface area contributed by atoms with Crippen LogP contribution < -0.4 is 4.72 Å². The number of anilines is 1. The van der Waals surface area contributed by atoms with Crippen molar-refractivity contribution in [1.82, 2.24) is 9.97 Å². The molecule has 1 aromatic carbocycles. The third kappa shape index (κ3) is 2.91. The molecular formula is C13H7BrF3N3O2S. The average molecular weight is 406 g/mol. The van der Waals surface area contributed by atoms with Gasteiger partial charge < -0.3 is 4.98 Å². The number of H-pyrrole nitrogens is 1. The molecule has 0 aliphatic heterocycles. The van der Waals surface area contributed by atoms with E-state index in [4.69, 9.17) is 0 Å². The van der Waals surface area contributed by atoms with Gasteiger partial charge >= 0.3 is 0 Å². The van der Waals surface area contributed by atoms with Crippen molar-refractivity contribution in [1.29, 1.82) is 0 Å². The number of hydrogen-bond donors (Lipinski definition) is 2. The van der Waals surface area contributed by atoms with Crippen molar-refractivity contribution in [3.8, 4) is 0 Å². The van der Waals surface area contributed by atoms with Gasteiger partial charge in [-0.2, -0.15) is 0 Å². The van der Waals surface area contributed by atoms with Gasteiger partial charge in [0.1, 0.15) is 21.0 Å². The predicted molar refractivity (Wildman–Crippen MR) is 80.9 cm³/mol. The Labute approximate surface area is 136 Å². The van der Waals surface area contributed by atoms with E-state index in [-0.39, 0.29) is 16.3 Å². The van der Waals surface area contributed by atoms with E-state index in [2.05, 4.69) is 25.9 Å². The molecule has 0 amide bonds. The fourth-order valence-corrected chi connectivity index (χ4v) is 3.51. The van der Waals surface area contributed by atoms with Gasteiger partial charge in [0.15, 0.2) is 11.6 Å². The third-order valence-electron chi connectivity index (χ3n) is 3.01. The maximum absolute atomic E-state index is 13.6. The number of aromatic amines is 1. The van der Waals surface area contributed by atoms with E-state index in [9.17, 15) is 21.6 Å². The summed E-state index contributed by atoms with van der Waals surface area (Å²) in [5.41, 5.74) is -0.395. The van der Waals surface area contributed by atoms with Gasteiger partial charge in [0, 0.05) is 23.7 Å². The zero-order valence-electron chi connectivity index (χ0n) is 11.1.